The lowest BCUT2D eigenvalue weighted by Gasteiger charge is -1.93. The van der Waals surface area contributed by atoms with Crippen LogP contribution in [0.4, 0.5) is 0 Å². The second kappa shape index (κ2) is 6.02. The van der Waals surface area contributed by atoms with Crippen LogP contribution in [-0.4, -0.2) is 21.8 Å². The summed E-state index contributed by atoms with van der Waals surface area (Å²) in [7, 11) is 0. The van der Waals surface area contributed by atoms with Crippen LogP contribution < -0.4 is 0 Å². The predicted molar refractivity (Wildman–Crippen MR) is 58.2 cm³/mol. The third kappa shape index (κ3) is 3.87. The summed E-state index contributed by atoms with van der Waals surface area (Å²) in [5, 5.41) is 0. The van der Waals surface area contributed by atoms with Crippen LogP contribution in [0, 0.1) is 6.92 Å². The topological polar surface area (TPSA) is 12.9 Å². The van der Waals surface area contributed by atoms with Gasteiger partial charge in [0.25, 0.3) is 0 Å². The number of hydrogen-bond acceptors (Lipinski definition) is 1. The normalized spacial score (nSPS) is 7.82. The maximum atomic E-state index is 4.15. The van der Waals surface area contributed by atoms with Crippen molar-refractivity contribution in [1.82, 2.24) is 4.98 Å². The zero-order valence-electron chi connectivity index (χ0n) is 5.89. The van der Waals surface area contributed by atoms with E-state index in [2.05, 4.69) is 18.0 Å². The summed E-state index contributed by atoms with van der Waals surface area (Å²) >= 11 is 0. The van der Waals surface area contributed by atoms with Crippen LogP contribution in [0.1, 0.15) is 18.2 Å². The molecule has 0 bridgehead atoms. The Kier molecular flexibility index (Phi) is 7.07. The van der Waals surface area contributed by atoms with E-state index in [0.29, 0.717) is 0 Å². The Bertz CT molecular complexity index is 184. The lowest BCUT2D eigenvalue weighted by Crippen LogP contribution is -1.83. The maximum Gasteiger partial charge on any atom is 0.0814 e. The number of nitrogens with zero attached hydrogens (tertiary/aromatic N) is 1. The molecular formula is C8H17B2N. The molecule has 0 saturated heterocycles. The summed E-state index contributed by atoms with van der Waals surface area (Å²) in [4.78, 5) is 4.15. The summed E-state index contributed by atoms with van der Waals surface area (Å²) in [5.74, 6) is 0. The molecule has 60 valence electrons. The third-order valence-corrected chi connectivity index (χ3v) is 1.38. The maximum absolute atomic E-state index is 4.15. The van der Waals surface area contributed by atoms with Crippen molar-refractivity contribution in [2.45, 2.75) is 20.3 Å². The number of pyridine rings is 1. The standard InChI is InChI=1S/C8H11N.2BH3/c1-3-8-5-4-7(2)9-6-8;;/h4-6H,3H2,1-2H3;2*1H3. The van der Waals surface area contributed by atoms with Crippen molar-refractivity contribution in [1.29, 1.82) is 0 Å². The minimum absolute atomic E-state index is 0. The zero-order chi connectivity index (χ0) is 6.69. The first-order chi connectivity index (χ1) is 4.33. The first kappa shape index (κ1) is 12.9. The van der Waals surface area contributed by atoms with Crippen LogP contribution in [-0.2, 0) is 6.42 Å². The monoisotopic (exact) mass is 149 g/mol. The van der Waals surface area contributed by atoms with E-state index in [0.717, 1.165) is 12.1 Å². The summed E-state index contributed by atoms with van der Waals surface area (Å²) in [6.45, 7) is 4.13. The fourth-order valence-electron chi connectivity index (χ4n) is 0.708. The number of aryl methyl sites for hydroxylation is 2. The molecule has 1 aromatic heterocycles. The Hall–Kier alpha value is -0.720. The zero-order valence-corrected chi connectivity index (χ0v) is 5.89. The molecule has 1 heterocycles. The van der Waals surface area contributed by atoms with Crippen LogP contribution >= 0.6 is 0 Å². The fourth-order valence-corrected chi connectivity index (χ4v) is 0.708. The molecule has 0 unspecified atom stereocenters. The van der Waals surface area contributed by atoms with Crippen molar-refractivity contribution in [3.8, 4) is 0 Å². The van der Waals surface area contributed by atoms with Crippen LogP contribution in [0.3, 0.4) is 0 Å². The van der Waals surface area contributed by atoms with Crippen molar-refractivity contribution >= 4 is 16.8 Å². The first-order valence-electron chi connectivity index (χ1n) is 3.24. The van der Waals surface area contributed by atoms with Gasteiger partial charge < -0.3 is 0 Å². The number of rotatable bonds is 1. The van der Waals surface area contributed by atoms with Gasteiger partial charge in [0, 0.05) is 11.9 Å². The minimum Gasteiger partial charge on any atom is -0.261 e. The van der Waals surface area contributed by atoms with Gasteiger partial charge >= 0.3 is 0 Å². The summed E-state index contributed by atoms with van der Waals surface area (Å²) in [6.07, 6.45) is 3.00. The third-order valence-electron chi connectivity index (χ3n) is 1.38. The van der Waals surface area contributed by atoms with E-state index in [-0.39, 0.29) is 16.8 Å². The van der Waals surface area contributed by atoms with E-state index in [1.54, 1.807) is 0 Å². The van der Waals surface area contributed by atoms with Crippen LogP contribution in [0.2, 0.25) is 0 Å². The van der Waals surface area contributed by atoms with Gasteiger partial charge in [-0.3, -0.25) is 4.98 Å². The Morgan fingerprint density at radius 1 is 1.27 bits per heavy atom. The summed E-state index contributed by atoms with van der Waals surface area (Å²) in [5.41, 5.74) is 2.40. The van der Waals surface area contributed by atoms with Gasteiger partial charge in [-0.15, -0.1) is 0 Å². The predicted octanol–water partition coefficient (Wildman–Crippen LogP) is -0.415. The highest BCUT2D eigenvalue weighted by Gasteiger charge is 1.86. The molecule has 0 fully saturated rings. The molecule has 0 amide bonds. The molecular weight excluding hydrogens is 132 g/mol. The van der Waals surface area contributed by atoms with E-state index in [9.17, 15) is 0 Å². The van der Waals surface area contributed by atoms with Gasteiger partial charge in [0.1, 0.15) is 0 Å². The van der Waals surface area contributed by atoms with Crippen molar-refractivity contribution < 1.29 is 0 Å². The van der Waals surface area contributed by atoms with E-state index < -0.39 is 0 Å². The molecule has 0 radical (unpaired) electrons. The average Bonchev–Trinajstić information content (AvgIpc) is 1.90. The molecule has 0 aliphatic heterocycles. The second-order valence-electron chi connectivity index (χ2n) is 2.16. The second-order valence-corrected chi connectivity index (χ2v) is 2.16. The summed E-state index contributed by atoms with van der Waals surface area (Å²) in [6, 6.07) is 4.15. The van der Waals surface area contributed by atoms with E-state index >= 15 is 0 Å². The van der Waals surface area contributed by atoms with Crippen molar-refractivity contribution in [3.05, 3.63) is 29.6 Å². The van der Waals surface area contributed by atoms with Crippen LogP contribution in [0.25, 0.3) is 0 Å². The SMILES string of the molecule is B.B.CCc1ccc(C)nc1. The van der Waals surface area contributed by atoms with Gasteiger partial charge in [-0.2, -0.15) is 0 Å². The summed E-state index contributed by atoms with van der Waals surface area (Å²) < 4.78 is 0. The molecule has 0 aromatic carbocycles. The van der Waals surface area contributed by atoms with Crippen molar-refractivity contribution in [3.63, 3.8) is 0 Å². The molecule has 11 heavy (non-hydrogen) atoms. The van der Waals surface area contributed by atoms with Gasteiger partial charge in [-0.25, -0.2) is 0 Å². The largest absolute Gasteiger partial charge is 0.261 e. The smallest absolute Gasteiger partial charge is 0.0814 e. The van der Waals surface area contributed by atoms with Crippen LogP contribution in [0.5, 0.6) is 0 Å². The lowest BCUT2D eigenvalue weighted by molar-refractivity contribution is 1.08. The van der Waals surface area contributed by atoms with Gasteiger partial charge in [0.05, 0.1) is 16.8 Å². The quantitative estimate of drug-likeness (QED) is 0.494. The van der Waals surface area contributed by atoms with E-state index in [1.807, 2.05) is 19.2 Å². The van der Waals surface area contributed by atoms with Crippen LogP contribution in [0.15, 0.2) is 18.3 Å². The highest BCUT2D eigenvalue weighted by atomic mass is 14.6. The van der Waals surface area contributed by atoms with Crippen molar-refractivity contribution in [2.24, 2.45) is 0 Å². The Labute approximate surface area is 72.4 Å². The molecule has 1 nitrogen and oxygen atoms in total. The molecule has 0 N–H and O–H groups in total. The van der Waals surface area contributed by atoms with Gasteiger partial charge in [0.2, 0.25) is 0 Å². The fraction of sp³-hybridized carbons (Fsp3) is 0.375. The molecule has 1 aromatic rings. The molecule has 0 aliphatic rings. The molecule has 1 rings (SSSR count). The minimum atomic E-state index is 0. The Morgan fingerprint density at radius 3 is 2.27 bits per heavy atom. The Balaban J connectivity index is 0. The van der Waals surface area contributed by atoms with Gasteiger partial charge in [0.15, 0.2) is 0 Å². The number of aromatic nitrogens is 1. The van der Waals surface area contributed by atoms with Gasteiger partial charge in [-0.1, -0.05) is 13.0 Å². The van der Waals surface area contributed by atoms with Crippen molar-refractivity contribution in [2.75, 3.05) is 0 Å². The highest BCUT2D eigenvalue weighted by molar-refractivity contribution is 5.76. The van der Waals surface area contributed by atoms with Gasteiger partial charge in [-0.05, 0) is 25.0 Å². The number of hydrogen-bond donors (Lipinski definition) is 0. The van der Waals surface area contributed by atoms with E-state index in [4.69, 9.17) is 0 Å². The lowest BCUT2D eigenvalue weighted by atomic mass is 10.2. The van der Waals surface area contributed by atoms with E-state index in [1.165, 1.54) is 5.56 Å². The first-order valence-corrected chi connectivity index (χ1v) is 3.24. The Morgan fingerprint density at radius 2 is 1.91 bits per heavy atom. The molecule has 0 atom stereocenters. The average molecular weight is 149 g/mol. The highest BCUT2D eigenvalue weighted by Crippen LogP contribution is 1.98. The molecule has 0 saturated carbocycles. The molecule has 0 aliphatic carbocycles. The molecule has 3 heteroatoms. The molecule has 0 spiro atoms.